The molecule has 2 aliphatic rings. The maximum Gasteiger partial charge on any atom is 0.0725 e. The summed E-state index contributed by atoms with van der Waals surface area (Å²) in [7, 11) is 0. The molecule has 0 saturated carbocycles. The van der Waals surface area contributed by atoms with E-state index in [-0.39, 0.29) is 0 Å². The van der Waals surface area contributed by atoms with E-state index in [4.69, 9.17) is 0 Å². The molecule has 0 radical (unpaired) electrons. The van der Waals surface area contributed by atoms with Crippen LogP contribution in [0.15, 0.2) is 255 Å². The lowest BCUT2D eigenvalue weighted by atomic mass is 9.66. The van der Waals surface area contributed by atoms with Gasteiger partial charge in [-0.05, 0) is 127 Å². The van der Waals surface area contributed by atoms with E-state index in [0.717, 1.165) is 34.1 Å². The summed E-state index contributed by atoms with van der Waals surface area (Å²) in [5.74, 6) is 0. The maximum absolute atomic E-state index is 2.47. The van der Waals surface area contributed by atoms with Crippen LogP contribution in [0.4, 0.5) is 34.1 Å². The van der Waals surface area contributed by atoms with E-state index in [1.54, 1.807) is 0 Å². The summed E-state index contributed by atoms with van der Waals surface area (Å²) in [5.41, 5.74) is 18.7. The van der Waals surface area contributed by atoms with Gasteiger partial charge in [0.25, 0.3) is 0 Å². The minimum atomic E-state index is -0.623. The van der Waals surface area contributed by atoms with E-state index in [0.29, 0.717) is 0 Å². The Labute approximate surface area is 379 Å². The number of benzene rings is 11. The Balaban J connectivity index is 1.14. The van der Waals surface area contributed by atoms with Crippen molar-refractivity contribution in [1.82, 2.24) is 0 Å². The number of hydrogen-bond acceptors (Lipinski definition) is 2. The number of anilines is 6. The Kier molecular flexibility index (Phi) is 8.47. The average Bonchev–Trinajstić information content (AvgIpc) is 3.61. The molecule has 0 heterocycles. The molecule has 13 rings (SSSR count). The minimum Gasteiger partial charge on any atom is -0.310 e. The van der Waals surface area contributed by atoms with Crippen molar-refractivity contribution in [3.63, 3.8) is 0 Å². The van der Waals surface area contributed by atoms with E-state index in [1.807, 2.05) is 0 Å². The highest BCUT2D eigenvalue weighted by Crippen LogP contribution is 2.63. The molecule has 304 valence electrons. The third-order valence-electron chi connectivity index (χ3n) is 13.8. The molecule has 11 aromatic rings. The second-order valence-corrected chi connectivity index (χ2v) is 17.2. The monoisotopic (exact) mass is 826 g/mol. The van der Waals surface area contributed by atoms with Gasteiger partial charge in [0.05, 0.1) is 16.8 Å². The SMILES string of the molecule is c1ccc(N(c2ccc3c(c2)-c2cc(N(c4ccccc4)c4cccc5ccccc45)ccc2C32c3ccccc3-c3ccccc3-c3ccccc32)c2cccc3ccccc23)cc1. The third kappa shape index (κ3) is 5.60. The highest BCUT2D eigenvalue weighted by Gasteiger charge is 2.50. The summed E-state index contributed by atoms with van der Waals surface area (Å²) in [5, 5.41) is 4.83. The van der Waals surface area contributed by atoms with Gasteiger partial charge in [0.1, 0.15) is 0 Å². The maximum atomic E-state index is 2.47. The van der Waals surface area contributed by atoms with Crippen LogP contribution in [0.3, 0.4) is 0 Å². The van der Waals surface area contributed by atoms with E-state index < -0.39 is 5.41 Å². The summed E-state index contributed by atoms with van der Waals surface area (Å²) in [6, 6.07) is 94.2. The Bertz CT molecular complexity index is 3380. The molecule has 0 atom stereocenters. The molecule has 0 N–H and O–H groups in total. The second kappa shape index (κ2) is 14.8. The lowest BCUT2D eigenvalue weighted by Gasteiger charge is -2.36. The number of fused-ring (bicyclic) bond motifs is 14. The van der Waals surface area contributed by atoms with Crippen LogP contribution in [0.5, 0.6) is 0 Å². The summed E-state index contributed by atoms with van der Waals surface area (Å²) >= 11 is 0. The zero-order valence-corrected chi connectivity index (χ0v) is 35.6. The molecule has 11 aromatic carbocycles. The molecule has 0 aliphatic heterocycles. The topological polar surface area (TPSA) is 6.48 Å². The van der Waals surface area contributed by atoms with Crippen LogP contribution in [0.25, 0.3) is 54.9 Å². The summed E-state index contributed by atoms with van der Waals surface area (Å²) in [6.07, 6.45) is 0. The van der Waals surface area contributed by atoms with Crippen LogP contribution >= 0.6 is 0 Å². The van der Waals surface area contributed by atoms with Crippen molar-refractivity contribution in [2.24, 2.45) is 0 Å². The highest BCUT2D eigenvalue weighted by atomic mass is 15.1. The molecule has 0 saturated heterocycles. The smallest absolute Gasteiger partial charge is 0.0725 e. The van der Waals surface area contributed by atoms with Gasteiger partial charge in [-0.25, -0.2) is 0 Å². The number of hydrogen-bond donors (Lipinski definition) is 0. The zero-order valence-electron chi connectivity index (χ0n) is 35.6. The first-order valence-electron chi connectivity index (χ1n) is 22.5. The summed E-state index contributed by atoms with van der Waals surface area (Å²) in [4.78, 5) is 4.88. The van der Waals surface area contributed by atoms with Crippen molar-refractivity contribution < 1.29 is 0 Å². The van der Waals surface area contributed by atoms with Crippen LogP contribution in [0, 0.1) is 0 Å². The second-order valence-electron chi connectivity index (χ2n) is 17.2. The zero-order chi connectivity index (χ0) is 42.9. The normalized spacial score (nSPS) is 12.7. The predicted molar refractivity (Wildman–Crippen MR) is 273 cm³/mol. The van der Waals surface area contributed by atoms with Crippen LogP contribution in [-0.2, 0) is 5.41 Å². The Morgan fingerprint density at radius 2 is 0.585 bits per heavy atom. The molecule has 65 heavy (non-hydrogen) atoms. The van der Waals surface area contributed by atoms with Gasteiger partial charge >= 0.3 is 0 Å². The molecular weight excluding hydrogens is 785 g/mol. The van der Waals surface area contributed by atoms with Crippen LogP contribution in [-0.4, -0.2) is 0 Å². The third-order valence-corrected chi connectivity index (χ3v) is 13.8. The van der Waals surface area contributed by atoms with Gasteiger partial charge in [0.15, 0.2) is 0 Å². The highest BCUT2D eigenvalue weighted by molar-refractivity contribution is 6.03. The molecule has 0 fully saturated rings. The van der Waals surface area contributed by atoms with Crippen molar-refractivity contribution in [1.29, 1.82) is 0 Å². The standard InChI is InChI=1S/C63H42N2/c1-3-23-45(24-4-1)64(61-35-17-21-43-19-7-9-27-49(43)61)47-37-39-59-55(41-47)56-42-48(65(46-25-5-2-6-26-46)62-36-18-22-44-20-8-10-28-50(44)62)38-40-60(56)63(59)57-33-15-13-31-53(57)51-29-11-12-30-52(51)54-32-14-16-34-58(54)63/h1-42H. The molecule has 0 bridgehead atoms. The Morgan fingerprint density at radius 3 is 1.05 bits per heavy atom. The van der Waals surface area contributed by atoms with Crippen molar-refractivity contribution in [2.75, 3.05) is 9.80 Å². The Morgan fingerprint density at radius 1 is 0.231 bits per heavy atom. The fourth-order valence-electron chi connectivity index (χ4n) is 11.2. The lowest BCUT2D eigenvalue weighted by Crippen LogP contribution is -2.29. The van der Waals surface area contributed by atoms with Crippen molar-refractivity contribution in [3.05, 3.63) is 277 Å². The van der Waals surface area contributed by atoms with Gasteiger partial charge in [-0.1, -0.05) is 194 Å². The Hall–Kier alpha value is -8.46. The van der Waals surface area contributed by atoms with Gasteiger partial charge in [-0.15, -0.1) is 0 Å². The van der Waals surface area contributed by atoms with Gasteiger partial charge < -0.3 is 9.80 Å². The van der Waals surface area contributed by atoms with Gasteiger partial charge in [0, 0.05) is 33.5 Å². The largest absolute Gasteiger partial charge is 0.310 e. The molecule has 0 unspecified atom stereocenters. The molecule has 0 aromatic heterocycles. The lowest BCUT2D eigenvalue weighted by molar-refractivity contribution is 0.775. The molecule has 2 aliphatic carbocycles. The van der Waals surface area contributed by atoms with Crippen LogP contribution in [0.2, 0.25) is 0 Å². The van der Waals surface area contributed by atoms with Crippen molar-refractivity contribution in [2.45, 2.75) is 5.41 Å². The van der Waals surface area contributed by atoms with E-state index in [9.17, 15) is 0 Å². The molecule has 0 amide bonds. The quantitative estimate of drug-likeness (QED) is 0.165. The minimum absolute atomic E-state index is 0.623. The first kappa shape index (κ1) is 37.1. The van der Waals surface area contributed by atoms with E-state index in [1.165, 1.54) is 77.2 Å². The summed E-state index contributed by atoms with van der Waals surface area (Å²) < 4.78 is 0. The predicted octanol–water partition coefficient (Wildman–Crippen LogP) is 16.9. The number of para-hydroxylation sites is 2. The van der Waals surface area contributed by atoms with Gasteiger partial charge in [-0.3, -0.25) is 0 Å². The first-order chi connectivity index (χ1) is 32.3. The van der Waals surface area contributed by atoms with Gasteiger partial charge in [0.2, 0.25) is 0 Å². The molecular formula is C63H42N2. The van der Waals surface area contributed by atoms with Crippen LogP contribution in [0.1, 0.15) is 22.3 Å². The molecule has 2 nitrogen and oxygen atoms in total. The summed E-state index contributed by atoms with van der Waals surface area (Å²) in [6.45, 7) is 0. The van der Waals surface area contributed by atoms with Gasteiger partial charge in [-0.2, -0.15) is 0 Å². The molecule has 1 spiro atoms. The first-order valence-corrected chi connectivity index (χ1v) is 22.5. The fourth-order valence-corrected chi connectivity index (χ4v) is 11.2. The average molecular weight is 827 g/mol. The molecule has 2 heteroatoms. The number of nitrogens with zero attached hydrogens (tertiary/aromatic N) is 2. The van der Waals surface area contributed by atoms with Crippen molar-refractivity contribution in [3.8, 4) is 33.4 Å². The number of rotatable bonds is 6. The van der Waals surface area contributed by atoms with Crippen LogP contribution < -0.4 is 9.80 Å². The van der Waals surface area contributed by atoms with Crippen molar-refractivity contribution >= 4 is 55.7 Å². The van der Waals surface area contributed by atoms with E-state index in [2.05, 4.69) is 265 Å². The van der Waals surface area contributed by atoms with E-state index >= 15 is 0 Å². The fraction of sp³-hybridized carbons (Fsp3) is 0.0159.